The summed E-state index contributed by atoms with van der Waals surface area (Å²) < 4.78 is 0. The Morgan fingerprint density at radius 1 is 1.46 bits per heavy atom. The minimum absolute atomic E-state index is 0.0650. The van der Waals surface area contributed by atoms with E-state index in [-0.39, 0.29) is 12.2 Å². The van der Waals surface area contributed by atoms with Crippen molar-refractivity contribution in [2.45, 2.75) is 32.2 Å². The first kappa shape index (κ1) is 20.5. The Bertz CT molecular complexity index is 768. The van der Waals surface area contributed by atoms with Gasteiger partial charge < -0.3 is 5.73 Å². The zero-order chi connectivity index (χ0) is 19.2. The molecule has 0 saturated heterocycles. The van der Waals surface area contributed by atoms with Crippen LogP contribution >= 0.6 is 23.5 Å². The predicted octanol–water partition coefficient (Wildman–Crippen LogP) is 3.93. The number of nitrogens with zero attached hydrogens (tertiary/aromatic N) is 3. The summed E-state index contributed by atoms with van der Waals surface area (Å²) in [4.78, 5) is 26.3. The molecule has 1 aliphatic heterocycles. The highest BCUT2D eigenvalue weighted by Gasteiger charge is 2.31. The van der Waals surface area contributed by atoms with E-state index >= 15 is 0 Å². The van der Waals surface area contributed by atoms with Crippen molar-refractivity contribution in [1.82, 2.24) is 9.97 Å². The highest BCUT2D eigenvalue weighted by Crippen LogP contribution is 2.37. The average Bonchev–Trinajstić information content (AvgIpc) is 2.61. The largest absolute Gasteiger partial charge is 0.379 e. The number of nitrogens with two attached hydrogens (primary N) is 1. The van der Waals surface area contributed by atoms with Gasteiger partial charge in [0.05, 0.1) is 17.4 Å². The van der Waals surface area contributed by atoms with Gasteiger partial charge in [-0.25, -0.2) is 4.98 Å². The number of allylic oxidation sites excluding steroid dienone is 2. The summed E-state index contributed by atoms with van der Waals surface area (Å²) >= 11 is 3.19. The second kappa shape index (κ2) is 9.19. The molecule has 0 spiro atoms. The summed E-state index contributed by atoms with van der Waals surface area (Å²) in [6, 6.07) is 0. The SMILES string of the molecule is C=C/C(SC)=C(\C=C\CC(=O)c1cnc(C)cn1)[C@]1(C)CCSC(N)=N1. The van der Waals surface area contributed by atoms with Gasteiger partial charge in [-0.2, -0.15) is 0 Å². The molecule has 0 aromatic carbocycles. The minimum atomic E-state index is -0.412. The van der Waals surface area contributed by atoms with Crippen LogP contribution in [-0.2, 0) is 0 Å². The normalized spacial score (nSPS) is 21.3. The molecule has 0 aliphatic carbocycles. The standard InChI is InChI=1S/C19H24N4OS2/c1-5-17(25-4)14(19(3)9-10-26-18(20)23-19)7-6-8-16(24)15-12-21-13(2)11-22-15/h5-7,11-12H,1,8-10H2,2-4H3,(H2,20,23)/b7-6+,17-14-/t19-/m0/s1. The summed E-state index contributed by atoms with van der Waals surface area (Å²) in [5.41, 5.74) is 7.75. The lowest BCUT2D eigenvalue weighted by Crippen LogP contribution is -2.33. The van der Waals surface area contributed by atoms with E-state index in [0.29, 0.717) is 10.9 Å². The molecule has 138 valence electrons. The van der Waals surface area contributed by atoms with Crippen LogP contribution in [0.4, 0.5) is 0 Å². The summed E-state index contributed by atoms with van der Waals surface area (Å²) in [7, 11) is 0. The Hall–Kier alpha value is -1.86. The van der Waals surface area contributed by atoms with Gasteiger partial charge in [0.1, 0.15) is 5.69 Å². The third-order valence-corrected chi connectivity index (χ3v) is 5.72. The average molecular weight is 389 g/mol. The maximum Gasteiger partial charge on any atom is 0.186 e. The minimum Gasteiger partial charge on any atom is -0.379 e. The molecule has 26 heavy (non-hydrogen) atoms. The highest BCUT2D eigenvalue weighted by atomic mass is 32.2. The van der Waals surface area contributed by atoms with Crippen molar-refractivity contribution in [3.05, 3.63) is 59.1 Å². The zero-order valence-electron chi connectivity index (χ0n) is 15.4. The van der Waals surface area contributed by atoms with E-state index in [1.54, 1.807) is 29.7 Å². The number of carbonyl (C=O) groups is 1. The molecule has 0 unspecified atom stereocenters. The number of aromatic nitrogens is 2. The Balaban J connectivity index is 2.25. The van der Waals surface area contributed by atoms with Crippen LogP contribution in [0.1, 0.15) is 35.9 Å². The van der Waals surface area contributed by atoms with Gasteiger partial charge in [-0.1, -0.05) is 36.6 Å². The van der Waals surface area contributed by atoms with Crippen LogP contribution in [0.25, 0.3) is 0 Å². The van der Waals surface area contributed by atoms with E-state index in [9.17, 15) is 4.79 Å². The highest BCUT2D eigenvalue weighted by molar-refractivity contribution is 8.13. The van der Waals surface area contributed by atoms with Crippen LogP contribution in [0.15, 0.2) is 52.7 Å². The van der Waals surface area contributed by atoms with Crippen LogP contribution in [0.5, 0.6) is 0 Å². The maximum absolute atomic E-state index is 12.3. The zero-order valence-corrected chi connectivity index (χ0v) is 17.0. The van der Waals surface area contributed by atoms with E-state index in [2.05, 4.69) is 28.5 Å². The number of rotatable bonds is 7. The van der Waals surface area contributed by atoms with Crippen LogP contribution in [0.3, 0.4) is 0 Å². The number of aryl methyl sites for hydroxylation is 1. The molecule has 1 atom stereocenters. The smallest absolute Gasteiger partial charge is 0.186 e. The molecule has 0 saturated carbocycles. The number of hydrogen-bond donors (Lipinski definition) is 1. The topological polar surface area (TPSA) is 81.2 Å². The van der Waals surface area contributed by atoms with E-state index in [4.69, 9.17) is 5.73 Å². The van der Waals surface area contributed by atoms with Gasteiger partial charge in [-0.05, 0) is 32.1 Å². The lowest BCUT2D eigenvalue weighted by Gasteiger charge is -2.31. The van der Waals surface area contributed by atoms with Crippen molar-refractivity contribution >= 4 is 34.5 Å². The van der Waals surface area contributed by atoms with Crippen LogP contribution in [0, 0.1) is 6.92 Å². The first-order chi connectivity index (χ1) is 12.4. The molecule has 7 heteroatoms. The second-order valence-corrected chi connectivity index (χ2v) is 8.04. The molecular formula is C19H24N4OS2. The number of hydrogen-bond acceptors (Lipinski definition) is 7. The molecule has 2 rings (SSSR count). The Labute approximate surface area is 163 Å². The summed E-state index contributed by atoms with van der Waals surface area (Å²) in [6.07, 6.45) is 11.9. The van der Waals surface area contributed by atoms with Gasteiger partial charge in [0.15, 0.2) is 11.0 Å². The lowest BCUT2D eigenvalue weighted by molar-refractivity contribution is 0.0990. The number of aliphatic imine (C=N–C) groups is 1. The third-order valence-electron chi connectivity index (χ3n) is 4.10. The summed E-state index contributed by atoms with van der Waals surface area (Å²) in [5.74, 6) is 0.852. The molecule has 5 nitrogen and oxygen atoms in total. The number of carbonyl (C=O) groups excluding carboxylic acids is 1. The number of thioether (sulfide) groups is 2. The summed E-state index contributed by atoms with van der Waals surface area (Å²) in [6.45, 7) is 7.83. The van der Waals surface area contributed by atoms with Crippen molar-refractivity contribution in [3.63, 3.8) is 0 Å². The maximum atomic E-state index is 12.3. The molecule has 0 radical (unpaired) electrons. The van der Waals surface area contributed by atoms with Crippen molar-refractivity contribution < 1.29 is 4.79 Å². The van der Waals surface area contributed by atoms with E-state index < -0.39 is 5.54 Å². The third kappa shape index (κ3) is 5.08. The summed E-state index contributed by atoms with van der Waals surface area (Å²) in [5, 5.41) is 0.597. The van der Waals surface area contributed by atoms with Crippen molar-refractivity contribution in [3.8, 4) is 0 Å². The van der Waals surface area contributed by atoms with Gasteiger partial charge in [0.2, 0.25) is 0 Å². The van der Waals surface area contributed by atoms with Crippen LogP contribution in [0.2, 0.25) is 0 Å². The van der Waals surface area contributed by atoms with Crippen LogP contribution < -0.4 is 5.73 Å². The molecule has 2 heterocycles. The molecule has 2 N–H and O–H groups in total. The fourth-order valence-corrected chi connectivity index (χ4v) is 4.29. The molecule has 1 aliphatic rings. The molecular weight excluding hydrogens is 364 g/mol. The number of amidine groups is 1. The fourth-order valence-electron chi connectivity index (χ4n) is 2.64. The molecule has 1 aromatic heterocycles. The first-order valence-electron chi connectivity index (χ1n) is 8.27. The molecule has 1 aromatic rings. The van der Waals surface area contributed by atoms with Gasteiger partial charge >= 0.3 is 0 Å². The van der Waals surface area contributed by atoms with Gasteiger partial charge in [0, 0.05) is 23.3 Å². The van der Waals surface area contributed by atoms with Gasteiger partial charge in [0.25, 0.3) is 0 Å². The quantitative estimate of drug-likeness (QED) is 0.563. The Kier molecular flexibility index (Phi) is 7.23. The number of Topliss-reactive ketones (excluding diaryl/α,β-unsaturated/α-hetero) is 1. The second-order valence-electron chi connectivity index (χ2n) is 6.08. The van der Waals surface area contributed by atoms with Gasteiger partial charge in [-0.15, -0.1) is 11.8 Å². The van der Waals surface area contributed by atoms with Crippen molar-refractivity contribution in [2.75, 3.05) is 12.0 Å². The van der Waals surface area contributed by atoms with Crippen LogP contribution in [-0.4, -0.2) is 38.5 Å². The first-order valence-corrected chi connectivity index (χ1v) is 10.5. The molecule has 0 amide bonds. The monoisotopic (exact) mass is 388 g/mol. The van der Waals surface area contributed by atoms with Gasteiger partial charge in [-0.3, -0.25) is 14.8 Å². The fraction of sp³-hybridized carbons (Fsp3) is 0.368. The number of ketones is 1. The lowest BCUT2D eigenvalue weighted by atomic mass is 9.88. The molecule has 0 bridgehead atoms. The Morgan fingerprint density at radius 2 is 2.23 bits per heavy atom. The van der Waals surface area contributed by atoms with E-state index in [0.717, 1.165) is 28.3 Å². The predicted molar refractivity (Wildman–Crippen MR) is 113 cm³/mol. The molecule has 0 fully saturated rings. The Morgan fingerprint density at radius 3 is 2.81 bits per heavy atom. The van der Waals surface area contributed by atoms with E-state index in [1.165, 1.54) is 6.20 Å². The van der Waals surface area contributed by atoms with Crippen molar-refractivity contribution in [2.24, 2.45) is 10.7 Å². The van der Waals surface area contributed by atoms with E-state index in [1.807, 2.05) is 31.4 Å². The van der Waals surface area contributed by atoms with Crippen molar-refractivity contribution in [1.29, 1.82) is 0 Å².